The van der Waals surface area contributed by atoms with Gasteiger partial charge in [0.05, 0.1) is 10.5 Å². The van der Waals surface area contributed by atoms with Gasteiger partial charge in [-0.3, -0.25) is 0 Å². The molecule has 0 saturated heterocycles. The highest BCUT2D eigenvalue weighted by atomic mass is 32.2. The summed E-state index contributed by atoms with van der Waals surface area (Å²) in [5, 5.41) is 0. The number of hydrogen-bond acceptors (Lipinski definition) is 5. The van der Waals surface area contributed by atoms with Crippen molar-refractivity contribution in [1.82, 2.24) is 4.72 Å². The third-order valence-corrected chi connectivity index (χ3v) is 4.95. The second-order valence-corrected chi connectivity index (χ2v) is 7.11. The molecule has 0 heterocycles. The highest BCUT2D eigenvalue weighted by Crippen LogP contribution is 2.14. The number of aryl methyl sites for hydroxylation is 1. The first-order valence-corrected chi connectivity index (χ1v) is 9.37. The Morgan fingerprint density at radius 1 is 1.08 bits per heavy atom. The predicted molar refractivity (Wildman–Crippen MR) is 94.3 cm³/mol. The maximum atomic E-state index is 12.0. The number of benzene rings is 2. The molecule has 0 aliphatic rings. The van der Waals surface area contributed by atoms with Crippen molar-refractivity contribution in [3.8, 4) is 5.75 Å². The molecular weight excluding hydrogens is 342 g/mol. The fourth-order valence-corrected chi connectivity index (χ4v) is 2.92. The molecule has 6 nitrogen and oxygen atoms in total. The number of sulfonamides is 1. The van der Waals surface area contributed by atoms with Crippen molar-refractivity contribution in [2.45, 2.75) is 18.2 Å². The van der Waals surface area contributed by atoms with E-state index in [0.717, 1.165) is 17.7 Å². The van der Waals surface area contributed by atoms with Gasteiger partial charge in [-0.05, 0) is 49.4 Å². The van der Waals surface area contributed by atoms with E-state index in [4.69, 9.17) is 9.47 Å². The molecule has 0 aliphatic heterocycles. The summed E-state index contributed by atoms with van der Waals surface area (Å²) in [6, 6.07) is 13.4. The van der Waals surface area contributed by atoms with Crippen LogP contribution in [0.5, 0.6) is 5.75 Å². The molecule has 0 radical (unpaired) electrons. The minimum atomic E-state index is -3.60. The first-order valence-electron chi connectivity index (χ1n) is 7.88. The quantitative estimate of drug-likeness (QED) is 0.575. The van der Waals surface area contributed by atoms with Gasteiger partial charge in [0.25, 0.3) is 0 Å². The molecule has 0 atom stereocenters. The zero-order valence-electron chi connectivity index (χ0n) is 14.2. The molecule has 2 rings (SSSR count). The monoisotopic (exact) mass is 363 g/mol. The van der Waals surface area contributed by atoms with Crippen LogP contribution in [-0.4, -0.2) is 34.6 Å². The lowest BCUT2D eigenvalue weighted by molar-refractivity contribution is 0.0450. The van der Waals surface area contributed by atoms with E-state index in [1.54, 1.807) is 0 Å². The zero-order valence-corrected chi connectivity index (χ0v) is 15.0. The lowest BCUT2D eigenvalue weighted by Gasteiger charge is -2.09. The summed E-state index contributed by atoms with van der Waals surface area (Å²) in [4.78, 5) is 12.0. The number of carbonyl (C=O) groups is 1. The van der Waals surface area contributed by atoms with Crippen LogP contribution in [0.25, 0.3) is 0 Å². The molecule has 0 saturated carbocycles. The van der Waals surface area contributed by atoms with Gasteiger partial charge in [0.2, 0.25) is 10.0 Å². The molecule has 0 fully saturated rings. The summed E-state index contributed by atoms with van der Waals surface area (Å²) >= 11 is 0. The molecule has 0 bridgehead atoms. The number of nitrogens with one attached hydrogen (secondary N) is 1. The van der Waals surface area contributed by atoms with Gasteiger partial charge in [0.1, 0.15) is 19.0 Å². The lowest BCUT2D eigenvalue weighted by atomic mass is 10.2. The van der Waals surface area contributed by atoms with E-state index in [-0.39, 0.29) is 23.7 Å². The van der Waals surface area contributed by atoms with Crippen LogP contribution in [0.2, 0.25) is 0 Å². The van der Waals surface area contributed by atoms with E-state index in [0.29, 0.717) is 0 Å². The van der Waals surface area contributed by atoms with Gasteiger partial charge >= 0.3 is 5.97 Å². The Labute approximate surface area is 147 Å². The van der Waals surface area contributed by atoms with Crippen molar-refractivity contribution in [2.75, 3.05) is 20.3 Å². The van der Waals surface area contributed by atoms with Crippen molar-refractivity contribution in [3.05, 3.63) is 59.7 Å². The van der Waals surface area contributed by atoms with Crippen LogP contribution in [0, 0.1) is 0 Å². The number of hydrogen-bond donors (Lipinski definition) is 1. The van der Waals surface area contributed by atoms with Crippen molar-refractivity contribution in [1.29, 1.82) is 0 Å². The fourth-order valence-electron chi connectivity index (χ4n) is 2.14. The summed E-state index contributed by atoms with van der Waals surface area (Å²) in [6.07, 6.45) is 0.915. The van der Waals surface area contributed by atoms with E-state index in [1.807, 2.05) is 24.3 Å². The Morgan fingerprint density at radius 3 is 2.56 bits per heavy atom. The maximum Gasteiger partial charge on any atom is 0.338 e. The Morgan fingerprint density at radius 2 is 1.84 bits per heavy atom. The molecule has 25 heavy (non-hydrogen) atoms. The van der Waals surface area contributed by atoms with Crippen molar-refractivity contribution >= 4 is 16.0 Å². The smallest absolute Gasteiger partial charge is 0.338 e. The molecule has 0 aromatic heterocycles. The van der Waals surface area contributed by atoms with E-state index in [1.165, 1.54) is 31.3 Å². The first kappa shape index (κ1) is 19.0. The predicted octanol–water partition coefficient (Wildman–Crippen LogP) is 2.39. The Kier molecular flexibility index (Phi) is 6.55. The fraction of sp³-hybridized carbons (Fsp3) is 0.278. The van der Waals surface area contributed by atoms with Gasteiger partial charge < -0.3 is 9.47 Å². The van der Waals surface area contributed by atoms with Crippen LogP contribution in [-0.2, 0) is 21.2 Å². The van der Waals surface area contributed by atoms with Crippen molar-refractivity contribution in [3.63, 3.8) is 0 Å². The average molecular weight is 363 g/mol. The van der Waals surface area contributed by atoms with Crippen LogP contribution in [0.15, 0.2) is 53.4 Å². The average Bonchev–Trinajstić information content (AvgIpc) is 2.65. The second-order valence-electron chi connectivity index (χ2n) is 5.22. The van der Waals surface area contributed by atoms with Gasteiger partial charge in [-0.2, -0.15) is 0 Å². The van der Waals surface area contributed by atoms with Crippen LogP contribution >= 0.6 is 0 Å². The largest absolute Gasteiger partial charge is 0.490 e. The van der Waals surface area contributed by atoms with Gasteiger partial charge in [0, 0.05) is 0 Å². The van der Waals surface area contributed by atoms with Gasteiger partial charge in [-0.1, -0.05) is 25.1 Å². The molecule has 2 aromatic carbocycles. The van der Waals surface area contributed by atoms with Gasteiger partial charge in [-0.15, -0.1) is 0 Å². The van der Waals surface area contributed by atoms with E-state index < -0.39 is 16.0 Å². The molecule has 0 unspecified atom stereocenters. The highest BCUT2D eigenvalue weighted by molar-refractivity contribution is 7.89. The normalized spacial score (nSPS) is 11.1. The second kappa shape index (κ2) is 8.64. The zero-order chi connectivity index (χ0) is 18.3. The minimum Gasteiger partial charge on any atom is -0.490 e. The third kappa shape index (κ3) is 5.30. The minimum absolute atomic E-state index is 0.0112. The standard InChI is InChI=1S/C18H21NO5S/c1-3-14-6-4-8-16(12-14)23-10-11-24-18(20)15-7-5-9-17(13-15)25(21,22)19-2/h4-9,12-13,19H,3,10-11H2,1-2H3. The third-order valence-electron chi connectivity index (χ3n) is 3.54. The lowest BCUT2D eigenvalue weighted by Crippen LogP contribution is -2.19. The molecule has 0 aliphatic carbocycles. The van der Waals surface area contributed by atoms with Gasteiger partial charge in [-0.25, -0.2) is 17.9 Å². The topological polar surface area (TPSA) is 81.7 Å². The van der Waals surface area contributed by atoms with Crippen molar-refractivity contribution in [2.24, 2.45) is 0 Å². The van der Waals surface area contributed by atoms with E-state index in [2.05, 4.69) is 11.6 Å². The molecule has 7 heteroatoms. The molecule has 0 spiro atoms. The SMILES string of the molecule is CCc1cccc(OCCOC(=O)c2cccc(S(=O)(=O)NC)c2)c1. The molecule has 2 aromatic rings. The number of rotatable bonds is 8. The van der Waals surface area contributed by atoms with Crippen LogP contribution in [0.1, 0.15) is 22.8 Å². The Bertz CT molecular complexity index is 833. The Balaban J connectivity index is 1.89. The summed E-state index contributed by atoms with van der Waals surface area (Å²) < 4.78 is 36.4. The number of ether oxygens (including phenoxy) is 2. The first-order chi connectivity index (χ1) is 12.0. The van der Waals surface area contributed by atoms with Crippen LogP contribution in [0.3, 0.4) is 0 Å². The Hall–Kier alpha value is -2.38. The molecular formula is C18H21NO5S. The maximum absolute atomic E-state index is 12.0. The summed E-state index contributed by atoms with van der Waals surface area (Å²) in [7, 11) is -2.29. The number of carbonyl (C=O) groups excluding carboxylic acids is 1. The number of esters is 1. The molecule has 134 valence electrons. The van der Waals surface area contributed by atoms with Crippen molar-refractivity contribution < 1.29 is 22.7 Å². The van der Waals surface area contributed by atoms with E-state index in [9.17, 15) is 13.2 Å². The van der Waals surface area contributed by atoms with Crippen LogP contribution in [0.4, 0.5) is 0 Å². The highest BCUT2D eigenvalue weighted by Gasteiger charge is 2.15. The molecule has 0 amide bonds. The summed E-state index contributed by atoms with van der Waals surface area (Å²) in [5.41, 5.74) is 1.33. The van der Waals surface area contributed by atoms with Gasteiger partial charge in [0.15, 0.2) is 0 Å². The summed E-state index contributed by atoms with van der Waals surface area (Å²) in [6.45, 7) is 2.34. The van der Waals surface area contributed by atoms with Crippen LogP contribution < -0.4 is 9.46 Å². The summed E-state index contributed by atoms with van der Waals surface area (Å²) in [5.74, 6) is 0.122. The van der Waals surface area contributed by atoms with E-state index >= 15 is 0 Å². The molecule has 1 N–H and O–H groups in total.